The van der Waals surface area contributed by atoms with E-state index in [-0.39, 0.29) is 5.91 Å². The molecule has 2 nitrogen and oxygen atoms in total. The number of hydrogen-bond donors (Lipinski definition) is 0. The van der Waals surface area contributed by atoms with Gasteiger partial charge in [0.1, 0.15) is 0 Å². The normalized spacial score (nSPS) is 10.5. The minimum absolute atomic E-state index is 0.0528. The Hall–Kier alpha value is -1.83. The number of rotatable bonds is 2. The molecule has 0 aliphatic rings. The van der Waals surface area contributed by atoms with Gasteiger partial charge in [-0.05, 0) is 44.0 Å². The monoisotopic (exact) mass is 227 g/mol. The fraction of sp³-hybridized carbons (Fsp3) is 0.267. The number of aromatic nitrogens is 1. The first-order chi connectivity index (χ1) is 8.08. The quantitative estimate of drug-likeness (QED) is 0.715. The average Bonchev–Trinajstić information content (AvgIpc) is 2.69. The van der Waals surface area contributed by atoms with Crippen LogP contribution in [-0.2, 0) is 6.42 Å². The molecule has 0 aliphatic carbocycles. The Balaban J connectivity index is 2.39. The first-order valence-corrected chi connectivity index (χ1v) is 5.82. The van der Waals surface area contributed by atoms with Crippen molar-refractivity contribution >= 4 is 16.8 Å². The van der Waals surface area contributed by atoms with Gasteiger partial charge in [-0.1, -0.05) is 17.7 Å². The molecule has 0 spiro atoms. The second-order valence-electron chi connectivity index (χ2n) is 4.58. The average molecular weight is 227 g/mol. The summed E-state index contributed by atoms with van der Waals surface area (Å²) in [5, 5.41) is 1.12. The van der Waals surface area contributed by atoms with Gasteiger partial charge in [-0.2, -0.15) is 0 Å². The Morgan fingerprint density at radius 3 is 2.65 bits per heavy atom. The van der Waals surface area contributed by atoms with E-state index >= 15 is 0 Å². The molecule has 0 radical (unpaired) electrons. The topological polar surface area (TPSA) is 22.0 Å². The molecule has 0 bridgehead atoms. The van der Waals surface area contributed by atoms with Crippen LogP contribution in [0.3, 0.4) is 0 Å². The van der Waals surface area contributed by atoms with Crippen molar-refractivity contribution in [3.63, 3.8) is 0 Å². The summed E-state index contributed by atoms with van der Waals surface area (Å²) in [5.74, 6) is 0.0528. The van der Waals surface area contributed by atoms with E-state index in [2.05, 4.69) is 32.1 Å². The van der Waals surface area contributed by atoms with Crippen LogP contribution in [0.5, 0.6) is 0 Å². The van der Waals surface area contributed by atoms with Crippen molar-refractivity contribution in [2.45, 2.75) is 27.2 Å². The van der Waals surface area contributed by atoms with E-state index in [1.54, 1.807) is 11.5 Å². The van der Waals surface area contributed by atoms with Crippen LogP contribution in [0.25, 0.3) is 10.9 Å². The minimum atomic E-state index is 0.0528. The molecule has 1 heterocycles. The molecule has 0 saturated heterocycles. The Labute approximate surface area is 102 Å². The minimum Gasteiger partial charge on any atom is -0.287 e. The summed E-state index contributed by atoms with van der Waals surface area (Å²) in [4.78, 5) is 11.4. The predicted octanol–water partition coefficient (Wildman–Crippen LogP) is 3.81. The Bertz CT molecular complexity index is 586. The number of hydrogen-bond acceptors (Lipinski definition) is 1. The van der Waals surface area contributed by atoms with Crippen LogP contribution in [0.15, 0.2) is 42.1 Å². The summed E-state index contributed by atoms with van der Waals surface area (Å²) in [6.07, 6.45) is 4.99. The molecule has 0 fully saturated rings. The predicted molar refractivity (Wildman–Crippen MR) is 71.4 cm³/mol. The molecule has 0 amide bonds. The maximum Gasteiger partial charge on any atom is 0.227 e. The van der Waals surface area contributed by atoms with E-state index in [9.17, 15) is 4.79 Å². The van der Waals surface area contributed by atoms with Gasteiger partial charge in [0.2, 0.25) is 5.91 Å². The van der Waals surface area contributed by atoms with E-state index in [0.29, 0.717) is 0 Å². The lowest BCUT2D eigenvalue weighted by molar-refractivity contribution is 0.0941. The third-order valence-corrected chi connectivity index (χ3v) is 2.84. The Kier molecular flexibility index (Phi) is 3.14. The molecule has 2 rings (SSSR count). The number of carbonyl (C=O) groups excluding carboxylic acids is 1. The highest BCUT2D eigenvalue weighted by Crippen LogP contribution is 2.18. The van der Waals surface area contributed by atoms with Gasteiger partial charge >= 0.3 is 0 Å². The Morgan fingerprint density at radius 1 is 1.24 bits per heavy atom. The lowest BCUT2D eigenvalue weighted by Crippen LogP contribution is -2.02. The van der Waals surface area contributed by atoms with Crippen molar-refractivity contribution in [1.29, 1.82) is 0 Å². The maximum atomic E-state index is 11.4. The number of allylic oxidation sites excluding steroid dienone is 2. The van der Waals surface area contributed by atoms with Gasteiger partial charge in [0, 0.05) is 18.5 Å². The fourth-order valence-electron chi connectivity index (χ4n) is 1.92. The van der Waals surface area contributed by atoms with Gasteiger partial charge in [0.25, 0.3) is 0 Å². The third-order valence-electron chi connectivity index (χ3n) is 2.84. The second-order valence-corrected chi connectivity index (χ2v) is 4.58. The molecule has 1 aromatic carbocycles. The van der Waals surface area contributed by atoms with Crippen LogP contribution in [0.2, 0.25) is 0 Å². The van der Waals surface area contributed by atoms with Crippen molar-refractivity contribution < 1.29 is 4.79 Å². The summed E-state index contributed by atoms with van der Waals surface area (Å²) in [6, 6.07) is 8.24. The molecule has 2 aromatic rings. The summed E-state index contributed by atoms with van der Waals surface area (Å²) in [6.45, 7) is 5.78. The second kappa shape index (κ2) is 4.58. The van der Waals surface area contributed by atoms with Gasteiger partial charge in [-0.25, -0.2) is 0 Å². The van der Waals surface area contributed by atoms with Gasteiger partial charge in [0.05, 0.1) is 5.52 Å². The van der Waals surface area contributed by atoms with Crippen molar-refractivity contribution in [2.24, 2.45) is 0 Å². The highest BCUT2D eigenvalue weighted by Gasteiger charge is 2.04. The van der Waals surface area contributed by atoms with E-state index in [0.717, 1.165) is 17.3 Å². The van der Waals surface area contributed by atoms with Crippen LogP contribution in [0, 0.1) is 0 Å². The molecule has 17 heavy (non-hydrogen) atoms. The SMILES string of the molecule is CC(=O)n1ccc2cc(CC=C(C)C)ccc21. The molecule has 0 unspecified atom stereocenters. The fourth-order valence-corrected chi connectivity index (χ4v) is 1.92. The zero-order chi connectivity index (χ0) is 12.4. The zero-order valence-electron chi connectivity index (χ0n) is 10.5. The van der Waals surface area contributed by atoms with E-state index in [1.807, 2.05) is 18.3 Å². The standard InChI is InChI=1S/C15H17NO/c1-11(2)4-5-13-6-7-15-14(10-13)8-9-16(15)12(3)17/h4,6-10H,5H2,1-3H3. The van der Waals surface area contributed by atoms with Crippen LogP contribution in [0.1, 0.15) is 31.1 Å². The van der Waals surface area contributed by atoms with Gasteiger partial charge < -0.3 is 0 Å². The van der Waals surface area contributed by atoms with E-state index < -0.39 is 0 Å². The van der Waals surface area contributed by atoms with Crippen LogP contribution < -0.4 is 0 Å². The zero-order valence-corrected chi connectivity index (χ0v) is 10.5. The number of fused-ring (bicyclic) bond motifs is 1. The molecule has 88 valence electrons. The summed E-state index contributed by atoms with van der Waals surface area (Å²) >= 11 is 0. The lowest BCUT2D eigenvalue weighted by atomic mass is 10.1. The molecule has 0 N–H and O–H groups in total. The van der Waals surface area contributed by atoms with Crippen LogP contribution in [0.4, 0.5) is 0 Å². The maximum absolute atomic E-state index is 11.4. The molecular formula is C15H17NO. The van der Waals surface area contributed by atoms with E-state index in [1.165, 1.54) is 11.1 Å². The molecule has 1 aromatic heterocycles. The Morgan fingerprint density at radius 2 is 2.00 bits per heavy atom. The van der Waals surface area contributed by atoms with Crippen molar-refractivity contribution in [2.75, 3.05) is 0 Å². The first kappa shape index (κ1) is 11.6. The molecular weight excluding hydrogens is 210 g/mol. The van der Waals surface area contributed by atoms with E-state index in [4.69, 9.17) is 0 Å². The third kappa shape index (κ3) is 2.47. The largest absolute Gasteiger partial charge is 0.287 e. The first-order valence-electron chi connectivity index (χ1n) is 5.82. The highest BCUT2D eigenvalue weighted by molar-refractivity contribution is 5.91. The molecule has 0 aliphatic heterocycles. The molecule has 2 heteroatoms. The number of benzene rings is 1. The molecule has 0 saturated carbocycles. The van der Waals surface area contributed by atoms with Crippen molar-refractivity contribution in [3.05, 3.63) is 47.7 Å². The summed E-state index contributed by atoms with van der Waals surface area (Å²) in [5.41, 5.74) is 3.59. The van der Waals surface area contributed by atoms with Gasteiger partial charge in [-0.15, -0.1) is 0 Å². The van der Waals surface area contributed by atoms with Crippen LogP contribution >= 0.6 is 0 Å². The van der Waals surface area contributed by atoms with Gasteiger partial charge in [0.15, 0.2) is 0 Å². The molecule has 0 atom stereocenters. The van der Waals surface area contributed by atoms with Gasteiger partial charge in [-0.3, -0.25) is 9.36 Å². The summed E-state index contributed by atoms with van der Waals surface area (Å²) in [7, 11) is 0. The van der Waals surface area contributed by atoms with Crippen LogP contribution in [-0.4, -0.2) is 10.5 Å². The lowest BCUT2D eigenvalue weighted by Gasteiger charge is -2.01. The number of nitrogens with zero attached hydrogens (tertiary/aromatic N) is 1. The highest BCUT2D eigenvalue weighted by atomic mass is 16.1. The van der Waals surface area contributed by atoms with Crippen molar-refractivity contribution in [3.8, 4) is 0 Å². The number of carbonyl (C=O) groups is 1. The smallest absolute Gasteiger partial charge is 0.227 e. The summed E-state index contributed by atoms with van der Waals surface area (Å²) < 4.78 is 1.68. The van der Waals surface area contributed by atoms with Crippen molar-refractivity contribution in [1.82, 2.24) is 4.57 Å².